The minimum atomic E-state index is -0.849. The first kappa shape index (κ1) is 14.5. The molecule has 1 aromatic rings. The van der Waals surface area contributed by atoms with Crippen LogP contribution in [0, 0.1) is 5.41 Å². The molecule has 1 aliphatic heterocycles. The van der Waals surface area contributed by atoms with Gasteiger partial charge in [-0.25, -0.2) is 0 Å². The van der Waals surface area contributed by atoms with Crippen molar-refractivity contribution >= 4 is 43.7 Å². The van der Waals surface area contributed by atoms with Gasteiger partial charge in [0.2, 0.25) is 0 Å². The molecule has 0 radical (unpaired) electrons. The maximum atomic E-state index is 12.4. The number of aliphatic carboxylic acids is 1. The van der Waals surface area contributed by atoms with Crippen LogP contribution >= 0.6 is 31.9 Å². The maximum Gasteiger partial charge on any atom is 0.311 e. The van der Waals surface area contributed by atoms with Crippen LogP contribution in [-0.2, 0) is 4.79 Å². The quantitative estimate of drug-likeness (QED) is 0.843. The normalized spacial score (nSPS) is 22.6. The van der Waals surface area contributed by atoms with Crippen LogP contribution in [0.15, 0.2) is 27.1 Å². The molecule has 4 nitrogen and oxygen atoms in total. The van der Waals surface area contributed by atoms with Crippen molar-refractivity contribution in [3.8, 4) is 0 Å². The number of carbonyl (C=O) groups excluding carboxylic acids is 1. The highest BCUT2D eigenvalue weighted by Gasteiger charge is 2.42. The third-order valence-corrected chi connectivity index (χ3v) is 4.59. The van der Waals surface area contributed by atoms with E-state index in [1.807, 2.05) is 0 Å². The molecule has 1 amide bonds. The highest BCUT2D eigenvalue weighted by Crippen LogP contribution is 2.32. The number of carboxylic acid groups (broad SMARTS) is 1. The second kappa shape index (κ2) is 5.25. The molecule has 102 valence electrons. The van der Waals surface area contributed by atoms with Gasteiger partial charge in [-0.15, -0.1) is 0 Å². The Morgan fingerprint density at radius 1 is 1.37 bits per heavy atom. The zero-order valence-electron chi connectivity index (χ0n) is 10.3. The first-order valence-corrected chi connectivity index (χ1v) is 7.40. The van der Waals surface area contributed by atoms with E-state index < -0.39 is 11.4 Å². The molecular weight excluding hydrogens is 378 g/mol. The average molecular weight is 391 g/mol. The topological polar surface area (TPSA) is 57.6 Å². The SMILES string of the molecule is CC1(C(=O)O)CCN(C(=O)c2ccc(Br)cc2Br)C1. The van der Waals surface area contributed by atoms with Crippen LogP contribution in [0.5, 0.6) is 0 Å². The fraction of sp³-hybridized carbons (Fsp3) is 0.385. The van der Waals surface area contributed by atoms with Crippen molar-refractivity contribution in [2.45, 2.75) is 13.3 Å². The predicted octanol–water partition coefficient (Wildman–Crippen LogP) is 3.15. The Labute approximate surface area is 128 Å². The summed E-state index contributed by atoms with van der Waals surface area (Å²) in [7, 11) is 0. The smallest absolute Gasteiger partial charge is 0.311 e. The van der Waals surface area contributed by atoms with Gasteiger partial charge in [0.15, 0.2) is 0 Å². The van der Waals surface area contributed by atoms with Crippen molar-refractivity contribution in [1.29, 1.82) is 0 Å². The van der Waals surface area contributed by atoms with Crippen LogP contribution in [0.3, 0.4) is 0 Å². The van der Waals surface area contributed by atoms with E-state index in [0.717, 1.165) is 4.47 Å². The molecule has 1 heterocycles. The summed E-state index contributed by atoms with van der Waals surface area (Å²) in [5, 5.41) is 9.18. The van der Waals surface area contributed by atoms with Gasteiger partial charge in [-0.3, -0.25) is 9.59 Å². The second-order valence-electron chi connectivity index (χ2n) is 4.97. The summed E-state index contributed by atoms with van der Waals surface area (Å²) >= 11 is 6.69. The molecule has 0 saturated carbocycles. The fourth-order valence-electron chi connectivity index (χ4n) is 2.14. The Balaban J connectivity index is 2.20. The minimum absolute atomic E-state index is 0.135. The third-order valence-electron chi connectivity index (χ3n) is 3.44. The van der Waals surface area contributed by atoms with E-state index in [1.54, 1.807) is 30.0 Å². The highest BCUT2D eigenvalue weighted by atomic mass is 79.9. The van der Waals surface area contributed by atoms with E-state index >= 15 is 0 Å². The molecule has 0 spiro atoms. The lowest BCUT2D eigenvalue weighted by molar-refractivity contribution is -0.147. The van der Waals surface area contributed by atoms with Crippen molar-refractivity contribution in [3.05, 3.63) is 32.7 Å². The summed E-state index contributed by atoms with van der Waals surface area (Å²) in [6.07, 6.45) is 0.488. The molecule has 1 atom stereocenters. The largest absolute Gasteiger partial charge is 0.481 e. The van der Waals surface area contributed by atoms with Crippen LogP contribution in [-0.4, -0.2) is 35.0 Å². The van der Waals surface area contributed by atoms with Gasteiger partial charge in [0.05, 0.1) is 11.0 Å². The van der Waals surface area contributed by atoms with E-state index in [1.165, 1.54) is 0 Å². The number of benzene rings is 1. The molecule has 1 aromatic carbocycles. The number of amides is 1. The lowest BCUT2D eigenvalue weighted by Gasteiger charge is -2.20. The van der Waals surface area contributed by atoms with Gasteiger partial charge in [-0.05, 0) is 47.5 Å². The number of likely N-dealkylation sites (tertiary alicyclic amines) is 1. The predicted molar refractivity (Wildman–Crippen MR) is 78.1 cm³/mol. The van der Waals surface area contributed by atoms with Gasteiger partial charge in [0.1, 0.15) is 0 Å². The van der Waals surface area contributed by atoms with Crippen LogP contribution < -0.4 is 0 Å². The molecule has 6 heteroatoms. The summed E-state index contributed by atoms with van der Waals surface area (Å²) in [6.45, 7) is 2.41. The molecular formula is C13H13Br2NO3. The van der Waals surface area contributed by atoms with E-state index in [2.05, 4.69) is 31.9 Å². The van der Waals surface area contributed by atoms with Crippen molar-refractivity contribution in [1.82, 2.24) is 4.90 Å². The fourth-order valence-corrected chi connectivity index (χ4v) is 3.36. The zero-order chi connectivity index (χ0) is 14.2. The molecule has 1 aliphatic rings. The van der Waals surface area contributed by atoms with Crippen LogP contribution in [0.1, 0.15) is 23.7 Å². The van der Waals surface area contributed by atoms with Crippen molar-refractivity contribution < 1.29 is 14.7 Å². The van der Waals surface area contributed by atoms with Crippen molar-refractivity contribution in [2.24, 2.45) is 5.41 Å². The van der Waals surface area contributed by atoms with Crippen LogP contribution in [0.25, 0.3) is 0 Å². The molecule has 1 unspecified atom stereocenters. The number of carbonyl (C=O) groups is 2. The van der Waals surface area contributed by atoms with Gasteiger partial charge in [0.25, 0.3) is 5.91 Å². The Bertz CT molecular complexity index is 547. The maximum absolute atomic E-state index is 12.4. The number of nitrogens with zero attached hydrogens (tertiary/aromatic N) is 1. The highest BCUT2D eigenvalue weighted by molar-refractivity contribution is 9.11. The van der Waals surface area contributed by atoms with Gasteiger partial charge in [-0.2, -0.15) is 0 Å². The lowest BCUT2D eigenvalue weighted by Crippen LogP contribution is -2.35. The minimum Gasteiger partial charge on any atom is -0.481 e. The molecule has 0 bridgehead atoms. The molecule has 0 aliphatic carbocycles. The lowest BCUT2D eigenvalue weighted by atomic mass is 9.90. The van der Waals surface area contributed by atoms with Gasteiger partial charge in [-0.1, -0.05) is 15.9 Å². The summed E-state index contributed by atoms with van der Waals surface area (Å²) in [6, 6.07) is 5.33. The second-order valence-corrected chi connectivity index (χ2v) is 6.74. The zero-order valence-corrected chi connectivity index (χ0v) is 13.5. The van der Waals surface area contributed by atoms with E-state index in [9.17, 15) is 14.7 Å². The average Bonchev–Trinajstić information content (AvgIpc) is 2.73. The molecule has 19 heavy (non-hydrogen) atoms. The van der Waals surface area contributed by atoms with Crippen molar-refractivity contribution in [2.75, 3.05) is 13.1 Å². The van der Waals surface area contributed by atoms with E-state index in [0.29, 0.717) is 23.0 Å². The van der Waals surface area contributed by atoms with E-state index in [4.69, 9.17) is 0 Å². The molecule has 0 aromatic heterocycles. The van der Waals surface area contributed by atoms with Gasteiger partial charge >= 0.3 is 5.97 Å². The Morgan fingerprint density at radius 3 is 2.58 bits per heavy atom. The van der Waals surface area contributed by atoms with Gasteiger partial charge in [0, 0.05) is 22.0 Å². The standard InChI is InChI=1S/C13H13Br2NO3/c1-13(12(18)19)4-5-16(7-13)11(17)9-3-2-8(14)6-10(9)15/h2-3,6H,4-5,7H2,1H3,(H,18,19). The number of carboxylic acids is 1. The Hall–Kier alpha value is -0.880. The van der Waals surface area contributed by atoms with Crippen LogP contribution in [0.2, 0.25) is 0 Å². The molecule has 1 N–H and O–H groups in total. The monoisotopic (exact) mass is 389 g/mol. The van der Waals surface area contributed by atoms with Gasteiger partial charge < -0.3 is 10.0 Å². The Morgan fingerprint density at radius 2 is 2.05 bits per heavy atom. The summed E-state index contributed by atoms with van der Waals surface area (Å²) in [4.78, 5) is 25.2. The summed E-state index contributed by atoms with van der Waals surface area (Å²) < 4.78 is 1.59. The Kier molecular flexibility index (Phi) is 4.01. The molecule has 2 rings (SSSR count). The van der Waals surface area contributed by atoms with E-state index in [-0.39, 0.29) is 12.5 Å². The number of hydrogen-bond acceptors (Lipinski definition) is 2. The summed E-state index contributed by atoms with van der Waals surface area (Å²) in [5.41, 5.74) is -0.282. The first-order valence-electron chi connectivity index (χ1n) is 5.81. The molecule has 1 saturated heterocycles. The van der Waals surface area contributed by atoms with Crippen molar-refractivity contribution in [3.63, 3.8) is 0 Å². The number of hydrogen-bond donors (Lipinski definition) is 1. The number of halogens is 2. The first-order chi connectivity index (χ1) is 8.83. The summed E-state index contributed by atoms with van der Waals surface area (Å²) in [5.74, 6) is -0.984. The molecule has 1 fully saturated rings. The van der Waals surface area contributed by atoms with Crippen LogP contribution in [0.4, 0.5) is 0 Å². The third kappa shape index (κ3) is 2.84. The number of rotatable bonds is 2.